The molecule has 6 rings (SSSR count). The third-order valence-electron chi connectivity index (χ3n) is 7.21. The van der Waals surface area contributed by atoms with E-state index < -0.39 is 5.91 Å². The molecule has 0 fully saturated rings. The fraction of sp³-hybridized carbons (Fsp3) is 0.0833. The van der Waals surface area contributed by atoms with Crippen molar-refractivity contribution in [3.05, 3.63) is 148 Å². The van der Waals surface area contributed by atoms with E-state index in [0.29, 0.717) is 11.3 Å². The number of benzene rings is 4. The van der Waals surface area contributed by atoms with Crippen LogP contribution in [0, 0.1) is 0 Å². The molecular weight excluding hydrogens is 587 g/mol. The number of fused-ring (bicyclic) bond motifs is 2. The van der Waals surface area contributed by atoms with Crippen LogP contribution in [-0.4, -0.2) is 23.5 Å². The van der Waals surface area contributed by atoms with Gasteiger partial charge in [0.05, 0.1) is 17.1 Å². The summed E-state index contributed by atoms with van der Waals surface area (Å²) >= 11 is 2.92. The molecule has 6 nitrogen and oxygen atoms in total. The molecule has 0 spiro atoms. The number of nitrogens with one attached hydrogen (secondary N) is 2. The van der Waals surface area contributed by atoms with E-state index in [0.717, 1.165) is 45.1 Å². The summed E-state index contributed by atoms with van der Waals surface area (Å²) in [6.45, 7) is 0. The normalized spacial score (nSPS) is 12.5. The Morgan fingerprint density at radius 2 is 1.39 bits per heavy atom. The summed E-state index contributed by atoms with van der Waals surface area (Å²) in [4.78, 5) is 43.3. The third kappa shape index (κ3) is 6.83. The van der Waals surface area contributed by atoms with E-state index in [2.05, 4.69) is 22.8 Å². The van der Waals surface area contributed by atoms with E-state index in [-0.39, 0.29) is 23.3 Å². The molecule has 0 saturated heterocycles. The number of aryl methyl sites for hydroxylation is 2. The van der Waals surface area contributed by atoms with Gasteiger partial charge < -0.3 is 10.6 Å². The van der Waals surface area contributed by atoms with Crippen molar-refractivity contribution >= 4 is 64.0 Å². The Hall–Kier alpha value is -4.92. The van der Waals surface area contributed by atoms with Crippen LogP contribution >= 0.6 is 23.1 Å². The molecule has 0 bridgehead atoms. The standard InChI is InChI=1S/C36H29N3O3S2/c40-34(39-32-14-6-4-9-25(32)16-17-26-10-5-7-15-33(26)39)24-44-29-20-18-28(19-21-29)37-36(42)31(23-30-13-8-22-43-30)38-35(41)27-11-2-1-3-12-27/h1-15,18-23H,16-17,24H2,(H,37,42)(H,38,41)/b31-23-. The lowest BCUT2D eigenvalue weighted by atomic mass is 10.0. The molecule has 8 heteroatoms. The molecule has 1 aliphatic heterocycles. The fourth-order valence-corrected chi connectivity index (χ4v) is 6.45. The largest absolute Gasteiger partial charge is 0.321 e. The number of carbonyl (C=O) groups is 3. The van der Waals surface area contributed by atoms with Crippen molar-refractivity contribution in [2.24, 2.45) is 0 Å². The summed E-state index contributed by atoms with van der Waals surface area (Å²) in [6, 6.07) is 36.1. The number of carbonyl (C=O) groups excluding carboxylic acids is 3. The first-order chi connectivity index (χ1) is 21.5. The number of para-hydroxylation sites is 2. The molecular formula is C36H29N3O3S2. The summed E-state index contributed by atoms with van der Waals surface area (Å²) in [5.74, 6) is -0.536. The van der Waals surface area contributed by atoms with Crippen molar-refractivity contribution in [2.75, 3.05) is 16.0 Å². The minimum atomic E-state index is -0.434. The highest BCUT2D eigenvalue weighted by Crippen LogP contribution is 2.37. The van der Waals surface area contributed by atoms with Gasteiger partial charge in [0.25, 0.3) is 11.8 Å². The Bertz CT molecular complexity index is 1770. The predicted octanol–water partition coefficient (Wildman–Crippen LogP) is 7.71. The van der Waals surface area contributed by atoms with Crippen LogP contribution in [0.25, 0.3) is 6.08 Å². The van der Waals surface area contributed by atoms with Crippen LogP contribution in [-0.2, 0) is 22.4 Å². The van der Waals surface area contributed by atoms with Crippen molar-refractivity contribution < 1.29 is 14.4 Å². The Kier molecular flexibility index (Phi) is 9.01. The summed E-state index contributed by atoms with van der Waals surface area (Å²) in [5.41, 5.74) is 5.37. The monoisotopic (exact) mass is 615 g/mol. The van der Waals surface area contributed by atoms with Crippen molar-refractivity contribution in [2.45, 2.75) is 17.7 Å². The van der Waals surface area contributed by atoms with E-state index in [9.17, 15) is 14.4 Å². The van der Waals surface area contributed by atoms with Gasteiger partial charge in [-0.3, -0.25) is 19.3 Å². The highest BCUT2D eigenvalue weighted by Gasteiger charge is 2.25. The van der Waals surface area contributed by atoms with Gasteiger partial charge in [-0.05, 0) is 90.0 Å². The Balaban J connectivity index is 1.13. The lowest BCUT2D eigenvalue weighted by molar-refractivity contribution is -0.115. The Morgan fingerprint density at radius 3 is 2.02 bits per heavy atom. The average Bonchev–Trinajstić information content (AvgIpc) is 3.51. The zero-order valence-corrected chi connectivity index (χ0v) is 25.4. The summed E-state index contributed by atoms with van der Waals surface area (Å²) in [6.07, 6.45) is 3.44. The Labute approximate surface area is 264 Å². The van der Waals surface area contributed by atoms with Crippen molar-refractivity contribution in [3.63, 3.8) is 0 Å². The van der Waals surface area contributed by atoms with Crippen LogP contribution < -0.4 is 15.5 Å². The number of nitrogens with zero attached hydrogens (tertiary/aromatic N) is 1. The molecule has 0 saturated carbocycles. The third-order valence-corrected chi connectivity index (χ3v) is 9.03. The lowest BCUT2D eigenvalue weighted by Crippen LogP contribution is -2.30. The van der Waals surface area contributed by atoms with Crippen LogP contribution in [0.3, 0.4) is 0 Å². The predicted molar refractivity (Wildman–Crippen MR) is 179 cm³/mol. The maximum Gasteiger partial charge on any atom is 0.272 e. The minimum Gasteiger partial charge on any atom is -0.321 e. The minimum absolute atomic E-state index is 0.00620. The van der Waals surface area contributed by atoms with Crippen molar-refractivity contribution in [3.8, 4) is 0 Å². The van der Waals surface area contributed by atoms with Crippen LogP contribution in [0.1, 0.15) is 26.4 Å². The molecule has 0 unspecified atom stereocenters. The molecule has 44 heavy (non-hydrogen) atoms. The lowest BCUT2D eigenvalue weighted by Gasteiger charge is -2.25. The van der Waals surface area contributed by atoms with Gasteiger partial charge in [-0.2, -0.15) is 0 Å². The number of rotatable bonds is 8. The molecule has 2 heterocycles. The Morgan fingerprint density at radius 1 is 0.750 bits per heavy atom. The molecule has 0 radical (unpaired) electrons. The van der Waals surface area contributed by atoms with Crippen molar-refractivity contribution in [1.82, 2.24) is 5.32 Å². The van der Waals surface area contributed by atoms with Gasteiger partial charge in [-0.15, -0.1) is 23.1 Å². The molecule has 2 N–H and O–H groups in total. The number of anilines is 3. The van der Waals surface area contributed by atoms with Gasteiger partial charge in [0.1, 0.15) is 5.70 Å². The second-order valence-electron chi connectivity index (χ2n) is 10.1. The average molecular weight is 616 g/mol. The first-order valence-corrected chi connectivity index (χ1v) is 16.1. The number of amides is 3. The van der Waals surface area contributed by atoms with Gasteiger partial charge in [0.15, 0.2) is 0 Å². The van der Waals surface area contributed by atoms with Crippen LogP contribution in [0.5, 0.6) is 0 Å². The quantitative estimate of drug-likeness (QED) is 0.138. The van der Waals surface area contributed by atoms with E-state index in [1.807, 2.05) is 77.0 Å². The number of hydrogen-bond donors (Lipinski definition) is 2. The molecule has 3 amide bonds. The van der Waals surface area contributed by atoms with E-state index in [1.54, 1.807) is 42.5 Å². The SMILES string of the molecule is O=C(Nc1ccc(SCC(=O)N2c3ccccc3CCc3ccccc32)cc1)/C(=C/c1cccs1)NC(=O)c1ccccc1. The van der Waals surface area contributed by atoms with E-state index in [4.69, 9.17) is 0 Å². The molecule has 5 aromatic rings. The molecule has 1 aliphatic rings. The summed E-state index contributed by atoms with van der Waals surface area (Å²) in [5, 5.41) is 7.55. The van der Waals surface area contributed by atoms with Gasteiger partial charge in [0.2, 0.25) is 5.91 Å². The van der Waals surface area contributed by atoms with Crippen LogP contribution in [0.2, 0.25) is 0 Å². The van der Waals surface area contributed by atoms with Gasteiger partial charge in [-0.25, -0.2) is 0 Å². The van der Waals surface area contributed by atoms with Gasteiger partial charge in [-0.1, -0.05) is 60.7 Å². The zero-order chi connectivity index (χ0) is 30.3. The molecule has 4 aromatic carbocycles. The van der Waals surface area contributed by atoms with Gasteiger partial charge >= 0.3 is 0 Å². The summed E-state index contributed by atoms with van der Waals surface area (Å²) in [7, 11) is 0. The van der Waals surface area contributed by atoms with Crippen molar-refractivity contribution in [1.29, 1.82) is 0 Å². The highest BCUT2D eigenvalue weighted by atomic mass is 32.2. The molecule has 0 aliphatic carbocycles. The molecule has 1 aromatic heterocycles. The number of thioether (sulfide) groups is 1. The first kappa shape index (κ1) is 29.2. The second-order valence-corrected chi connectivity index (χ2v) is 12.2. The fourth-order valence-electron chi connectivity index (χ4n) is 5.05. The van der Waals surface area contributed by atoms with Gasteiger partial charge in [0, 0.05) is 21.0 Å². The van der Waals surface area contributed by atoms with Crippen LogP contribution in [0.15, 0.2) is 131 Å². The summed E-state index contributed by atoms with van der Waals surface area (Å²) < 4.78 is 0. The number of thiophene rings is 1. The number of hydrogen-bond acceptors (Lipinski definition) is 5. The van der Waals surface area contributed by atoms with Crippen LogP contribution in [0.4, 0.5) is 17.1 Å². The topological polar surface area (TPSA) is 78.5 Å². The maximum atomic E-state index is 13.7. The molecule has 218 valence electrons. The zero-order valence-electron chi connectivity index (χ0n) is 23.7. The first-order valence-electron chi connectivity index (χ1n) is 14.2. The molecule has 0 atom stereocenters. The highest BCUT2D eigenvalue weighted by molar-refractivity contribution is 8.00. The van der Waals surface area contributed by atoms with E-state index in [1.165, 1.54) is 23.1 Å². The smallest absolute Gasteiger partial charge is 0.272 e. The van der Waals surface area contributed by atoms with E-state index >= 15 is 0 Å². The second kappa shape index (κ2) is 13.6. The maximum absolute atomic E-state index is 13.7.